The first-order valence-corrected chi connectivity index (χ1v) is 8.47. The summed E-state index contributed by atoms with van der Waals surface area (Å²) in [6.45, 7) is 1.39. The number of imide groups is 1. The van der Waals surface area contributed by atoms with E-state index < -0.39 is 29.6 Å². The van der Waals surface area contributed by atoms with E-state index in [2.05, 4.69) is 5.32 Å². The number of amides is 3. The number of carbonyl (C=O) groups excluding carboxylic acids is 3. The van der Waals surface area contributed by atoms with Gasteiger partial charge in [0.1, 0.15) is 11.9 Å². The van der Waals surface area contributed by atoms with E-state index >= 15 is 0 Å². The summed E-state index contributed by atoms with van der Waals surface area (Å²) in [6, 6.07) is 4.89. The summed E-state index contributed by atoms with van der Waals surface area (Å²) in [7, 11) is 0. The van der Waals surface area contributed by atoms with Crippen LogP contribution in [0.25, 0.3) is 0 Å². The maximum absolute atomic E-state index is 13.1. The van der Waals surface area contributed by atoms with E-state index in [-0.39, 0.29) is 31.9 Å². The van der Waals surface area contributed by atoms with Gasteiger partial charge in [-0.15, -0.1) is 0 Å². The first-order chi connectivity index (χ1) is 12.2. The number of nitrogens with one attached hydrogen (secondary N) is 1. The van der Waals surface area contributed by atoms with Gasteiger partial charge in [-0.3, -0.25) is 19.3 Å². The van der Waals surface area contributed by atoms with E-state index in [0.717, 1.165) is 17.0 Å². The molecule has 5 nitrogen and oxygen atoms in total. The fourth-order valence-electron chi connectivity index (χ4n) is 2.55. The Morgan fingerprint density at radius 1 is 1.00 bits per heavy atom. The molecule has 0 bridgehead atoms. The van der Waals surface area contributed by atoms with E-state index in [9.17, 15) is 18.8 Å². The van der Waals surface area contributed by atoms with Crippen LogP contribution in [0.3, 0.4) is 0 Å². The summed E-state index contributed by atoms with van der Waals surface area (Å²) in [5, 5.41) is 2.72. The molecule has 0 aromatic heterocycles. The predicted molar refractivity (Wildman–Crippen MR) is 96.5 cm³/mol. The fraction of sp³-hybridized carbons (Fsp3) is 0.118. The highest BCUT2D eigenvalue weighted by Crippen LogP contribution is 2.32. The molecular weight excluding hydrogens is 406 g/mol. The van der Waals surface area contributed by atoms with Gasteiger partial charge in [-0.25, -0.2) is 4.39 Å². The number of hydrogen-bond donors (Lipinski definition) is 1. The van der Waals surface area contributed by atoms with Crippen molar-refractivity contribution in [1.29, 1.82) is 0 Å². The lowest BCUT2D eigenvalue weighted by Crippen LogP contribution is -2.45. The minimum absolute atomic E-state index is 0.00789. The van der Waals surface area contributed by atoms with Crippen LogP contribution < -0.4 is 5.32 Å². The molecule has 134 valence electrons. The maximum Gasteiger partial charge on any atom is 0.262 e. The van der Waals surface area contributed by atoms with Crippen LogP contribution in [0, 0.1) is 5.82 Å². The number of carbonyl (C=O) groups is 3. The Labute approximate surface area is 162 Å². The number of anilines is 1. The standard InChI is InChI=1S/C17H10Cl3FN2O3/c1-7(15(24)22-14-3-2-8(21)4-13(14)20)23-16(25)9-5-11(18)12(19)6-10(9)17(23)26/h2-7H,1H3,(H,22,24)/t7-/m0/s1. The number of fused-ring (bicyclic) bond motifs is 1. The van der Waals surface area contributed by atoms with Crippen molar-refractivity contribution in [2.45, 2.75) is 13.0 Å². The molecule has 3 rings (SSSR count). The molecular formula is C17H10Cl3FN2O3. The summed E-state index contributed by atoms with van der Waals surface area (Å²) < 4.78 is 13.1. The van der Waals surface area contributed by atoms with Gasteiger partial charge in [0, 0.05) is 0 Å². The molecule has 26 heavy (non-hydrogen) atoms. The molecule has 0 spiro atoms. The first-order valence-electron chi connectivity index (χ1n) is 7.33. The van der Waals surface area contributed by atoms with E-state index in [1.807, 2.05) is 0 Å². The summed E-state index contributed by atoms with van der Waals surface area (Å²) in [5.41, 5.74) is 0.306. The van der Waals surface area contributed by atoms with Crippen molar-refractivity contribution in [3.63, 3.8) is 0 Å². The van der Waals surface area contributed by atoms with Crippen LogP contribution in [0.15, 0.2) is 30.3 Å². The Morgan fingerprint density at radius 2 is 1.54 bits per heavy atom. The molecule has 1 aliphatic rings. The molecule has 1 N–H and O–H groups in total. The first kappa shape index (κ1) is 18.6. The van der Waals surface area contributed by atoms with E-state index in [1.54, 1.807) is 0 Å². The van der Waals surface area contributed by atoms with Crippen molar-refractivity contribution in [2.75, 3.05) is 5.32 Å². The molecule has 0 fully saturated rings. The van der Waals surface area contributed by atoms with Gasteiger partial charge < -0.3 is 5.32 Å². The Morgan fingerprint density at radius 3 is 2.04 bits per heavy atom. The lowest BCUT2D eigenvalue weighted by molar-refractivity contribution is -0.119. The lowest BCUT2D eigenvalue weighted by atomic mass is 10.1. The summed E-state index contributed by atoms with van der Waals surface area (Å²) >= 11 is 17.7. The van der Waals surface area contributed by atoms with Crippen molar-refractivity contribution >= 4 is 58.2 Å². The topological polar surface area (TPSA) is 66.5 Å². The maximum atomic E-state index is 13.1. The number of rotatable bonds is 3. The quantitative estimate of drug-likeness (QED) is 0.755. The van der Waals surface area contributed by atoms with Crippen LogP contribution in [0.2, 0.25) is 15.1 Å². The van der Waals surface area contributed by atoms with Gasteiger partial charge in [-0.2, -0.15) is 0 Å². The molecule has 1 aliphatic heterocycles. The zero-order valence-electron chi connectivity index (χ0n) is 13.1. The van der Waals surface area contributed by atoms with Crippen molar-refractivity contribution in [3.8, 4) is 0 Å². The molecule has 1 heterocycles. The number of hydrogen-bond acceptors (Lipinski definition) is 3. The molecule has 3 amide bonds. The molecule has 2 aromatic rings. The summed E-state index contributed by atoms with van der Waals surface area (Å²) in [5.74, 6) is -2.53. The SMILES string of the molecule is C[C@@H](C(=O)Nc1ccc(F)cc1Cl)N1C(=O)c2cc(Cl)c(Cl)cc2C1=O. The monoisotopic (exact) mass is 414 g/mol. The third-order valence-corrected chi connectivity index (χ3v) is 4.95. The molecule has 1 atom stereocenters. The molecule has 9 heteroatoms. The zero-order chi connectivity index (χ0) is 19.2. The highest BCUT2D eigenvalue weighted by Gasteiger charge is 2.41. The molecule has 0 saturated carbocycles. The van der Waals surface area contributed by atoms with Crippen molar-refractivity contribution in [2.24, 2.45) is 0 Å². The second kappa shape index (κ2) is 6.87. The zero-order valence-corrected chi connectivity index (χ0v) is 15.4. The highest BCUT2D eigenvalue weighted by atomic mass is 35.5. The second-order valence-corrected chi connectivity index (χ2v) is 6.80. The van der Waals surface area contributed by atoms with Crippen LogP contribution >= 0.6 is 34.8 Å². The predicted octanol–water partition coefficient (Wildman–Crippen LogP) is 4.41. The summed E-state index contributed by atoms with van der Waals surface area (Å²) in [6.07, 6.45) is 0. The minimum atomic E-state index is -1.14. The number of nitrogens with zero attached hydrogens (tertiary/aromatic N) is 1. The Bertz CT molecular complexity index is 924. The van der Waals surface area contributed by atoms with Crippen LogP contribution in [0.5, 0.6) is 0 Å². The van der Waals surface area contributed by atoms with Crippen LogP contribution in [-0.4, -0.2) is 28.7 Å². The fourth-order valence-corrected chi connectivity index (χ4v) is 3.09. The Balaban J connectivity index is 1.86. The van der Waals surface area contributed by atoms with Gasteiger partial charge in [0.2, 0.25) is 5.91 Å². The minimum Gasteiger partial charge on any atom is -0.323 e. The van der Waals surface area contributed by atoms with Gasteiger partial charge in [0.05, 0.1) is 31.9 Å². The molecule has 0 radical (unpaired) electrons. The van der Waals surface area contributed by atoms with Crippen LogP contribution in [0.1, 0.15) is 27.6 Å². The van der Waals surface area contributed by atoms with Crippen molar-refractivity contribution in [3.05, 3.63) is 62.3 Å². The second-order valence-electron chi connectivity index (χ2n) is 5.58. The highest BCUT2D eigenvalue weighted by molar-refractivity contribution is 6.43. The van der Waals surface area contributed by atoms with Crippen LogP contribution in [-0.2, 0) is 4.79 Å². The summed E-state index contributed by atoms with van der Waals surface area (Å²) in [4.78, 5) is 38.3. The molecule has 2 aromatic carbocycles. The van der Waals surface area contributed by atoms with E-state index in [0.29, 0.717) is 0 Å². The van der Waals surface area contributed by atoms with Gasteiger partial charge >= 0.3 is 0 Å². The molecule has 0 saturated heterocycles. The molecule has 0 unspecified atom stereocenters. The lowest BCUT2D eigenvalue weighted by Gasteiger charge is -2.22. The normalized spacial score (nSPS) is 14.4. The smallest absolute Gasteiger partial charge is 0.262 e. The third-order valence-electron chi connectivity index (χ3n) is 3.91. The average Bonchev–Trinajstić information content (AvgIpc) is 2.81. The van der Waals surface area contributed by atoms with Crippen molar-refractivity contribution in [1.82, 2.24) is 4.90 Å². The third kappa shape index (κ3) is 3.16. The van der Waals surface area contributed by atoms with Gasteiger partial charge in [0.25, 0.3) is 11.8 Å². The number of benzene rings is 2. The van der Waals surface area contributed by atoms with Crippen molar-refractivity contribution < 1.29 is 18.8 Å². The van der Waals surface area contributed by atoms with Crippen LogP contribution in [0.4, 0.5) is 10.1 Å². The molecule has 0 aliphatic carbocycles. The van der Waals surface area contributed by atoms with Gasteiger partial charge in [-0.05, 0) is 37.3 Å². The van der Waals surface area contributed by atoms with Gasteiger partial charge in [0.15, 0.2) is 0 Å². The largest absolute Gasteiger partial charge is 0.323 e. The number of halogens is 4. The van der Waals surface area contributed by atoms with Gasteiger partial charge in [-0.1, -0.05) is 34.8 Å². The van der Waals surface area contributed by atoms with E-state index in [4.69, 9.17) is 34.8 Å². The van der Waals surface area contributed by atoms with E-state index in [1.165, 1.54) is 25.1 Å². The Hall–Kier alpha value is -2.15. The average molecular weight is 416 g/mol. The Kier molecular flexibility index (Phi) is 4.92.